The molecule has 0 aliphatic carbocycles. The maximum absolute atomic E-state index is 12.9. The van der Waals surface area contributed by atoms with Gasteiger partial charge in [0.05, 0.1) is 0 Å². The van der Waals surface area contributed by atoms with E-state index in [0.717, 1.165) is 23.4 Å². The van der Waals surface area contributed by atoms with Gasteiger partial charge >= 0.3 is 0 Å². The van der Waals surface area contributed by atoms with Crippen LogP contribution in [0.4, 0.5) is 11.6 Å². The molecule has 0 unspecified atom stereocenters. The molecule has 1 aromatic heterocycles. The third-order valence-electron chi connectivity index (χ3n) is 4.34. The number of nitrogens with one attached hydrogen (secondary N) is 2. The monoisotopic (exact) mass is 369 g/mol. The average molecular weight is 370 g/mol. The first-order valence-electron chi connectivity index (χ1n) is 9.45. The van der Waals surface area contributed by atoms with E-state index in [0.29, 0.717) is 30.0 Å². The van der Waals surface area contributed by atoms with E-state index in [-0.39, 0.29) is 5.91 Å². The molecule has 146 valence electrons. The summed E-state index contributed by atoms with van der Waals surface area (Å²) < 4.78 is 0. The van der Waals surface area contributed by atoms with Crippen LogP contribution in [0.15, 0.2) is 30.5 Å². The van der Waals surface area contributed by atoms with Crippen LogP contribution in [0.2, 0.25) is 0 Å². The molecular formula is C21H31N5O. The molecule has 6 nitrogen and oxygen atoms in total. The van der Waals surface area contributed by atoms with Crippen LogP contribution >= 0.6 is 0 Å². The van der Waals surface area contributed by atoms with E-state index in [4.69, 9.17) is 0 Å². The van der Waals surface area contributed by atoms with E-state index in [1.54, 1.807) is 12.3 Å². The van der Waals surface area contributed by atoms with Gasteiger partial charge in [0.1, 0.15) is 5.69 Å². The van der Waals surface area contributed by atoms with E-state index in [2.05, 4.69) is 71.4 Å². The molecule has 0 spiro atoms. The Morgan fingerprint density at radius 3 is 2.26 bits per heavy atom. The van der Waals surface area contributed by atoms with Gasteiger partial charge in [-0.05, 0) is 43.1 Å². The van der Waals surface area contributed by atoms with Crippen molar-refractivity contribution >= 4 is 17.5 Å². The first kappa shape index (κ1) is 20.8. The van der Waals surface area contributed by atoms with Gasteiger partial charge in [-0.3, -0.25) is 4.79 Å². The van der Waals surface area contributed by atoms with Crippen molar-refractivity contribution in [2.75, 3.05) is 37.8 Å². The summed E-state index contributed by atoms with van der Waals surface area (Å²) in [7, 11) is 4.01. The highest BCUT2D eigenvalue weighted by molar-refractivity contribution is 6.04. The lowest BCUT2D eigenvalue weighted by Crippen LogP contribution is -2.22. The minimum atomic E-state index is -0.219. The zero-order valence-corrected chi connectivity index (χ0v) is 17.2. The van der Waals surface area contributed by atoms with Crippen molar-refractivity contribution in [1.29, 1.82) is 0 Å². The van der Waals surface area contributed by atoms with Crippen LogP contribution in [0.25, 0.3) is 0 Å². The van der Waals surface area contributed by atoms with E-state index in [1.807, 2.05) is 14.1 Å². The highest BCUT2D eigenvalue weighted by Crippen LogP contribution is 2.32. The van der Waals surface area contributed by atoms with Crippen LogP contribution in [0, 0.1) is 0 Å². The number of benzene rings is 1. The number of para-hydroxylation sites is 1. The summed E-state index contributed by atoms with van der Waals surface area (Å²) in [5.41, 5.74) is 3.51. The van der Waals surface area contributed by atoms with Crippen molar-refractivity contribution in [3.05, 3.63) is 47.3 Å². The summed E-state index contributed by atoms with van der Waals surface area (Å²) in [5, 5.41) is 6.24. The van der Waals surface area contributed by atoms with Gasteiger partial charge in [0.15, 0.2) is 0 Å². The number of carbonyl (C=O) groups is 1. The number of rotatable bonds is 8. The number of hydrogen-bond acceptors (Lipinski definition) is 5. The zero-order valence-electron chi connectivity index (χ0n) is 17.2. The molecule has 1 heterocycles. The van der Waals surface area contributed by atoms with Gasteiger partial charge in [-0.15, -0.1) is 0 Å². The van der Waals surface area contributed by atoms with Crippen molar-refractivity contribution < 1.29 is 4.79 Å². The third-order valence-corrected chi connectivity index (χ3v) is 4.34. The molecule has 0 saturated carbocycles. The first-order chi connectivity index (χ1) is 12.8. The molecule has 1 amide bonds. The number of likely N-dealkylation sites (N-methyl/N-ethyl adjacent to an activating group) is 1. The van der Waals surface area contributed by atoms with Gasteiger partial charge in [0, 0.05) is 25.0 Å². The Morgan fingerprint density at radius 2 is 1.70 bits per heavy atom. The lowest BCUT2D eigenvalue weighted by atomic mass is 9.92. The Hall–Kier alpha value is -2.47. The van der Waals surface area contributed by atoms with Crippen molar-refractivity contribution in [2.45, 2.75) is 39.5 Å². The second-order valence-corrected chi connectivity index (χ2v) is 7.57. The minimum Gasteiger partial charge on any atom is -0.353 e. The maximum Gasteiger partial charge on any atom is 0.274 e. The predicted octanol–water partition coefficient (Wildman–Crippen LogP) is 3.95. The van der Waals surface area contributed by atoms with Crippen molar-refractivity contribution in [3.8, 4) is 0 Å². The van der Waals surface area contributed by atoms with Gasteiger partial charge in [0.25, 0.3) is 5.91 Å². The van der Waals surface area contributed by atoms with Crippen LogP contribution in [-0.4, -0.2) is 48.0 Å². The molecule has 1 aromatic carbocycles. The van der Waals surface area contributed by atoms with Gasteiger partial charge in [-0.2, -0.15) is 0 Å². The lowest BCUT2D eigenvalue weighted by Gasteiger charge is -2.20. The standard InChI is InChI=1S/C21H31N5O/c1-14(2)16-8-7-9-17(15(3)4)19(16)25-20(27)18-10-11-22-21(24-18)23-12-13-26(5)6/h7-11,14-15H,12-13H2,1-6H3,(H,25,27)(H,22,23,24). The molecular weight excluding hydrogens is 338 g/mol. The molecule has 0 radical (unpaired) electrons. The van der Waals surface area contributed by atoms with Crippen LogP contribution in [0.3, 0.4) is 0 Å². The predicted molar refractivity (Wildman–Crippen MR) is 112 cm³/mol. The van der Waals surface area contributed by atoms with Crippen LogP contribution < -0.4 is 10.6 Å². The lowest BCUT2D eigenvalue weighted by molar-refractivity contribution is 0.102. The Kier molecular flexibility index (Phi) is 7.30. The van der Waals surface area contributed by atoms with E-state index in [1.165, 1.54) is 0 Å². The fourth-order valence-corrected chi connectivity index (χ4v) is 2.83. The number of aromatic nitrogens is 2. The van der Waals surface area contributed by atoms with Crippen LogP contribution in [0.5, 0.6) is 0 Å². The summed E-state index contributed by atoms with van der Waals surface area (Å²) >= 11 is 0. The molecule has 0 fully saturated rings. The smallest absolute Gasteiger partial charge is 0.274 e. The van der Waals surface area contributed by atoms with E-state index in [9.17, 15) is 4.79 Å². The molecule has 27 heavy (non-hydrogen) atoms. The summed E-state index contributed by atoms with van der Waals surface area (Å²) in [4.78, 5) is 23.5. The fourth-order valence-electron chi connectivity index (χ4n) is 2.83. The van der Waals surface area contributed by atoms with Gasteiger partial charge < -0.3 is 15.5 Å². The molecule has 0 aliphatic rings. The third kappa shape index (κ3) is 5.76. The number of amides is 1. The number of anilines is 2. The molecule has 0 saturated heterocycles. The topological polar surface area (TPSA) is 70.2 Å². The Labute approximate surface area is 162 Å². The molecule has 2 aromatic rings. The molecule has 0 aliphatic heterocycles. The van der Waals surface area contributed by atoms with Crippen molar-refractivity contribution in [3.63, 3.8) is 0 Å². The first-order valence-corrected chi connectivity index (χ1v) is 9.45. The molecule has 0 bridgehead atoms. The normalized spacial score (nSPS) is 11.3. The van der Waals surface area contributed by atoms with E-state index < -0.39 is 0 Å². The molecule has 0 atom stereocenters. The Bertz CT molecular complexity index is 745. The van der Waals surface area contributed by atoms with Gasteiger partial charge in [-0.1, -0.05) is 45.9 Å². The Morgan fingerprint density at radius 1 is 1.07 bits per heavy atom. The van der Waals surface area contributed by atoms with Crippen molar-refractivity contribution in [2.24, 2.45) is 0 Å². The van der Waals surface area contributed by atoms with Gasteiger partial charge in [0.2, 0.25) is 5.95 Å². The van der Waals surface area contributed by atoms with Crippen LogP contribution in [-0.2, 0) is 0 Å². The minimum absolute atomic E-state index is 0.219. The summed E-state index contributed by atoms with van der Waals surface area (Å²) in [6, 6.07) is 7.83. The summed E-state index contributed by atoms with van der Waals surface area (Å²) in [6.45, 7) is 10.1. The van der Waals surface area contributed by atoms with E-state index >= 15 is 0 Å². The highest BCUT2D eigenvalue weighted by atomic mass is 16.1. The molecule has 6 heteroatoms. The highest BCUT2D eigenvalue weighted by Gasteiger charge is 2.17. The molecule has 2 rings (SSSR count). The fraction of sp³-hybridized carbons (Fsp3) is 0.476. The number of carbonyl (C=O) groups excluding carboxylic acids is 1. The average Bonchev–Trinajstić information content (AvgIpc) is 2.61. The van der Waals surface area contributed by atoms with Crippen molar-refractivity contribution in [1.82, 2.24) is 14.9 Å². The number of nitrogens with zero attached hydrogens (tertiary/aromatic N) is 3. The maximum atomic E-state index is 12.9. The quantitative estimate of drug-likeness (QED) is 0.737. The Balaban J connectivity index is 2.22. The molecule has 2 N–H and O–H groups in total. The summed E-state index contributed by atoms with van der Waals surface area (Å²) in [5.74, 6) is 0.870. The largest absolute Gasteiger partial charge is 0.353 e. The zero-order chi connectivity index (χ0) is 20.0. The summed E-state index contributed by atoms with van der Waals surface area (Å²) in [6.07, 6.45) is 1.61. The van der Waals surface area contributed by atoms with Crippen LogP contribution in [0.1, 0.15) is 61.1 Å². The second kappa shape index (κ2) is 9.46. The SMILES string of the molecule is CC(C)c1cccc(C(C)C)c1NC(=O)c1ccnc(NCCN(C)C)n1. The second-order valence-electron chi connectivity index (χ2n) is 7.57. The van der Waals surface area contributed by atoms with Gasteiger partial charge in [-0.25, -0.2) is 9.97 Å². The number of hydrogen-bond donors (Lipinski definition) is 2.